The number of pyridine rings is 1. The first kappa shape index (κ1) is 13.5. The zero-order valence-electron chi connectivity index (χ0n) is 10.9. The van der Waals surface area contributed by atoms with Gasteiger partial charge in [0, 0.05) is 5.69 Å². The molecule has 4 heteroatoms. The molecule has 0 unspecified atom stereocenters. The van der Waals surface area contributed by atoms with Crippen molar-refractivity contribution in [2.45, 2.75) is 46.1 Å². The van der Waals surface area contributed by atoms with Gasteiger partial charge in [-0.05, 0) is 39.3 Å². The minimum absolute atomic E-state index is 0.456. The maximum absolute atomic E-state index is 11.5. The van der Waals surface area contributed by atoms with Crippen molar-refractivity contribution in [2.75, 3.05) is 5.32 Å². The SMILES string of the molecule is CCCc1ccc(NC(=O)OC(C)(C)C)cn1. The highest BCUT2D eigenvalue weighted by Crippen LogP contribution is 2.11. The van der Waals surface area contributed by atoms with E-state index in [1.807, 2.05) is 32.9 Å². The van der Waals surface area contributed by atoms with Crippen molar-refractivity contribution in [1.82, 2.24) is 4.98 Å². The minimum Gasteiger partial charge on any atom is -0.444 e. The second-order valence-electron chi connectivity index (χ2n) is 4.92. The fourth-order valence-electron chi connectivity index (χ4n) is 1.32. The first-order chi connectivity index (χ1) is 7.90. The Kier molecular flexibility index (Phi) is 4.49. The Morgan fingerprint density at radius 2 is 2.12 bits per heavy atom. The second kappa shape index (κ2) is 5.66. The van der Waals surface area contributed by atoms with Crippen LogP contribution in [0, 0.1) is 0 Å². The molecule has 94 valence electrons. The van der Waals surface area contributed by atoms with E-state index in [4.69, 9.17) is 4.74 Å². The number of anilines is 1. The van der Waals surface area contributed by atoms with Gasteiger partial charge in [0.1, 0.15) is 5.60 Å². The number of aryl methyl sites for hydroxylation is 1. The second-order valence-corrected chi connectivity index (χ2v) is 4.92. The zero-order chi connectivity index (χ0) is 12.9. The van der Waals surface area contributed by atoms with Crippen LogP contribution in [0.15, 0.2) is 18.3 Å². The lowest BCUT2D eigenvalue weighted by Crippen LogP contribution is -2.27. The van der Waals surface area contributed by atoms with Crippen molar-refractivity contribution in [1.29, 1.82) is 0 Å². The van der Waals surface area contributed by atoms with E-state index >= 15 is 0 Å². The predicted octanol–water partition coefficient (Wildman–Crippen LogP) is 3.38. The van der Waals surface area contributed by atoms with Gasteiger partial charge in [-0.15, -0.1) is 0 Å². The van der Waals surface area contributed by atoms with E-state index in [1.54, 1.807) is 6.20 Å². The van der Waals surface area contributed by atoms with Crippen molar-refractivity contribution in [3.8, 4) is 0 Å². The molecular weight excluding hydrogens is 216 g/mol. The van der Waals surface area contributed by atoms with Crippen molar-refractivity contribution in [2.24, 2.45) is 0 Å². The number of carbonyl (C=O) groups is 1. The fourth-order valence-corrected chi connectivity index (χ4v) is 1.32. The van der Waals surface area contributed by atoms with Crippen molar-refractivity contribution >= 4 is 11.8 Å². The molecule has 0 fully saturated rings. The molecule has 1 aromatic rings. The number of carbonyl (C=O) groups excluding carboxylic acids is 1. The Hall–Kier alpha value is -1.58. The van der Waals surface area contributed by atoms with Crippen LogP contribution in [0.2, 0.25) is 0 Å². The van der Waals surface area contributed by atoms with Crippen LogP contribution < -0.4 is 5.32 Å². The van der Waals surface area contributed by atoms with E-state index in [0.717, 1.165) is 18.5 Å². The summed E-state index contributed by atoms with van der Waals surface area (Å²) in [7, 11) is 0. The van der Waals surface area contributed by atoms with Gasteiger partial charge in [-0.2, -0.15) is 0 Å². The van der Waals surface area contributed by atoms with E-state index in [0.29, 0.717) is 5.69 Å². The number of hydrogen-bond donors (Lipinski definition) is 1. The Balaban J connectivity index is 2.54. The molecule has 0 aliphatic carbocycles. The quantitative estimate of drug-likeness (QED) is 0.875. The molecule has 0 bridgehead atoms. The van der Waals surface area contributed by atoms with E-state index in [-0.39, 0.29) is 0 Å². The lowest BCUT2D eigenvalue weighted by molar-refractivity contribution is 0.0636. The first-order valence-electron chi connectivity index (χ1n) is 5.85. The summed E-state index contributed by atoms with van der Waals surface area (Å²) < 4.78 is 5.14. The summed E-state index contributed by atoms with van der Waals surface area (Å²) in [5, 5.41) is 2.64. The highest BCUT2D eigenvalue weighted by Gasteiger charge is 2.16. The highest BCUT2D eigenvalue weighted by molar-refractivity contribution is 5.84. The van der Waals surface area contributed by atoms with Gasteiger partial charge in [-0.25, -0.2) is 4.79 Å². The maximum Gasteiger partial charge on any atom is 0.412 e. The molecule has 0 aromatic carbocycles. The molecule has 1 N–H and O–H groups in total. The van der Waals surface area contributed by atoms with E-state index in [2.05, 4.69) is 17.2 Å². The first-order valence-corrected chi connectivity index (χ1v) is 5.85. The van der Waals surface area contributed by atoms with Crippen LogP contribution >= 0.6 is 0 Å². The number of hydrogen-bond acceptors (Lipinski definition) is 3. The van der Waals surface area contributed by atoms with Crippen LogP contribution in [0.4, 0.5) is 10.5 Å². The summed E-state index contributed by atoms with van der Waals surface area (Å²) >= 11 is 0. The third kappa shape index (κ3) is 5.33. The average molecular weight is 236 g/mol. The lowest BCUT2D eigenvalue weighted by Gasteiger charge is -2.19. The third-order valence-electron chi connectivity index (χ3n) is 1.98. The minimum atomic E-state index is -0.486. The van der Waals surface area contributed by atoms with Crippen LogP contribution in [-0.4, -0.2) is 16.7 Å². The molecular formula is C13H20N2O2. The van der Waals surface area contributed by atoms with Gasteiger partial charge in [0.15, 0.2) is 0 Å². The average Bonchev–Trinajstić information content (AvgIpc) is 2.18. The summed E-state index contributed by atoms with van der Waals surface area (Å²) in [4.78, 5) is 15.7. The maximum atomic E-state index is 11.5. The van der Waals surface area contributed by atoms with Crippen LogP contribution in [0.1, 0.15) is 39.8 Å². The molecule has 0 saturated carbocycles. The molecule has 0 aliphatic heterocycles. The van der Waals surface area contributed by atoms with Gasteiger partial charge in [0.2, 0.25) is 0 Å². The predicted molar refractivity (Wildman–Crippen MR) is 68.1 cm³/mol. The number of aromatic nitrogens is 1. The lowest BCUT2D eigenvalue weighted by atomic mass is 10.2. The van der Waals surface area contributed by atoms with E-state index in [1.165, 1.54) is 0 Å². The molecule has 1 amide bonds. The van der Waals surface area contributed by atoms with Crippen molar-refractivity contribution in [3.05, 3.63) is 24.0 Å². The molecule has 1 heterocycles. The molecule has 0 spiro atoms. The monoisotopic (exact) mass is 236 g/mol. The summed E-state index contributed by atoms with van der Waals surface area (Å²) in [5.74, 6) is 0. The number of nitrogens with zero attached hydrogens (tertiary/aromatic N) is 1. The van der Waals surface area contributed by atoms with Gasteiger partial charge in [0.25, 0.3) is 0 Å². The van der Waals surface area contributed by atoms with Gasteiger partial charge in [-0.3, -0.25) is 10.3 Å². The number of rotatable bonds is 3. The van der Waals surface area contributed by atoms with E-state index < -0.39 is 11.7 Å². The molecule has 0 aliphatic rings. The highest BCUT2D eigenvalue weighted by atomic mass is 16.6. The Labute approximate surface area is 102 Å². The Morgan fingerprint density at radius 3 is 2.59 bits per heavy atom. The Bertz CT molecular complexity index is 366. The van der Waals surface area contributed by atoms with Crippen LogP contribution in [0.25, 0.3) is 0 Å². The zero-order valence-corrected chi connectivity index (χ0v) is 10.9. The number of nitrogens with one attached hydrogen (secondary N) is 1. The van der Waals surface area contributed by atoms with Gasteiger partial charge in [-0.1, -0.05) is 13.3 Å². The van der Waals surface area contributed by atoms with Crippen LogP contribution in [0.3, 0.4) is 0 Å². The fraction of sp³-hybridized carbons (Fsp3) is 0.538. The largest absolute Gasteiger partial charge is 0.444 e. The van der Waals surface area contributed by atoms with Crippen LogP contribution in [0.5, 0.6) is 0 Å². The molecule has 0 atom stereocenters. The Morgan fingerprint density at radius 1 is 1.41 bits per heavy atom. The molecule has 0 saturated heterocycles. The van der Waals surface area contributed by atoms with Gasteiger partial charge < -0.3 is 4.74 Å². The summed E-state index contributed by atoms with van der Waals surface area (Å²) in [6.45, 7) is 7.59. The topological polar surface area (TPSA) is 51.2 Å². The molecule has 1 rings (SSSR count). The van der Waals surface area contributed by atoms with E-state index in [9.17, 15) is 4.79 Å². The summed E-state index contributed by atoms with van der Waals surface area (Å²) in [5.41, 5.74) is 1.20. The third-order valence-corrected chi connectivity index (χ3v) is 1.98. The van der Waals surface area contributed by atoms with Gasteiger partial charge >= 0.3 is 6.09 Å². The smallest absolute Gasteiger partial charge is 0.412 e. The standard InChI is InChI=1S/C13H20N2O2/c1-5-6-10-7-8-11(9-14-10)15-12(16)17-13(2,3)4/h7-9H,5-6H2,1-4H3,(H,15,16). The van der Waals surface area contributed by atoms with Gasteiger partial charge in [0.05, 0.1) is 11.9 Å². The van der Waals surface area contributed by atoms with Crippen molar-refractivity contribution in [3.63, 3.8) is 0 Å². The molecule has 17 heavy (non-hydrogen) atoms. The molecule has 4 nitrogen and oxygen atoms in total. The summed E-state index contributed by atoms with van der Waals surface area (Å²) in [6.07, 6.45) is 3.20. The number of amides is 1. The normalized spacial score (nSPS) is 11.1. The molecule has 1 aromatic heterocycles. The van der Waals surface area contributed by atoms with Crippen molar-refractivity contribution < 1.29 is 9.53 Å². The van der Waals surface area contributed by atoms with Crippen LogP contribution in [-0.2, 0) is 11.2 Å². The number of ether oxygens (including phenoxy) is 1. The molecule has 0 radical (unpaired) electrons. The summed E-state index contributed by atoms with van der Waals surface area (Å²) in [6, 6.07) is 3.75.